The van der Waals surface area contributed by atoms with E-state index in [-0.39, 0.29) is 23.4 Å². The number of aliphatic carboxylic acids is 2. The Morgan fingerprint density at radius 3 is 2.08 bits per heavy atom. The van der Waals surface area contributed by atoms with Crippen LogP contribution in [0.1, 0.15) is 26.7 Å². The molecular formula is C16H25NO7. The van der Waals surface area contributed by atoms with Crippen LogP contribution in [0.5, 0.6) is 0 Å². The summed E-state index contributed by atoms with van der Waals surface area (Å²) in [6.07, 6.45) is 0.430. The first-order valence-electron chi connectivity index (χ1n) is 7.45. The number of ether oxygens (including phenoxy) is 1. The number of carbonyl (C=O) groups excluding carboxylic acids is 3. The van der Waals surface area contributed by atoms with Gasteiger partial charge in [-0.2, -0.15) is 0 Å². The van der Waals surface area contributed by atoms with Crippen molar-refractivity contribution < 1.29 is 38.6 Å². The number of esters is 1. The molecule has 1 atom stereocenters. The number of carboxylic acid groups (broad SMARTS) is 2. The summed E-state index contributed by atoms with van der Waals surface area (Å²) in [6.45, 7) is 3.47. The molecule has 0 rings (SSSR count). The SMILES string of the molecule is CC(C)CC(=O)[C@@](CC(=O)[O-])(C[N+](C)(C)C)OC(=O)/C=C/C(=O)O. The van der Waals surface area contributed by atoms with Crippen molar-refractivity contribution >= 4 is 23.7 Å². The van der Waals surface area contributed by atoms with Crippen LogP contribution in [0.4, 0.5) is 0 Å². The Bertz CT molecular complexity index is 531. The van der Waals surface area contributed by atoms with Crippen molar-refractivity contribution in [3.8, 4) is 0 Å². The van der Waals surface area contributed by atoms with Crippen molar-refractivity contribution in [1.29, 1.82) is 0 Å². The lowest BCUT2D eigenvalue weighted by atomic mass is 9.87. The van der Waals surface area contributed by atoms with Gasteiger partial charge in [-0.25, -0.2) is 9.59 Å². The molecule has 0 aliphatic heterocycles. The molecule has 0 heterocycles. The minimum atomic E-state index is -1.92. The zero-order chi connectivity index (χ0) is 19.1. The van der Waals surface area contributed by atoms with Crippen LogP contribution in [0.25, 0.3) is 0 Å². The van der Waals surface area contributed by atoms with Gasteiger partial charge >= 0.3 is 11.9 Å². The third-order valence-corrected chi connectivity index (χ3v) is 2.92. The van der Waals surface area contributed by atoms with Crippen LogP contribution in [0.3, 0.4) is 0 Å². The normalized spacial score (nSPS) is 14.4. The smallest absolute Gasteiger partial charge is 0.332 e. The third-order valence-electron chi connectivity index (χ3n) is 2.92. The van der Waals surface area contributed by atoms with Gasteiger partial charge in [-0.3, -0.25) is 4.79 Å². The van der Waals surface area contributed by atoms with Crippen LogP contribution in [0, 0.1) is 5.92 Å². The van der Waals surface area contributed by atoms with Gasteiger partial charge < -0.3 is 24.2 Å². The molecule has 0 radical (unpaired) electrons. The Morgan fingerprint density at radius 2 is 1.71 bits per heavy atom. The molecule has 0 aromatic carbocycles. The van der Waals surface area contributed by atoms with E-state index in [4.69, 9.17) is 9.84 Å². The highest BCUT2D eigenvalue weighted by molar-refractivity contribution is 5.96. The van der Waals surface area contributed by atoms with E-state index < -0.39 is 35.7 Å². The average Bonchev–Trinajstić information content (AvgIpc) is 2.32. The van der Waals surface area contributed by atoms with E-state index in [1.54, 1.807) is 35.0 Å². The van der Waals surface area contributed by atoms with Crippen molar-refractivity contribution in [3.63, 3.8) is 0 Å². The van der Waals surface area contributed by atoms with Crippen molar-refractivity contribution in [1.82, 2.24) is 0 Å². The van der Waals surface area contributed by atoms with E-state index in [1.165, 1.54) is 0 Å². The van der Waals surface area contributed by atoms with E-state index in [1.807, 2.05) is 0 Å². The van der Waals surface area contributed by atoms with E-state index in [0.717, 1.165) is 0 Å². The molecule has 0 aromatic heterocycles. The van der Waals surface area contributed by atoms with Gasteiger partial charge in [0.2, 0.25) is 5.60 Å². The zero-order valence-electron chi connectivity index (χ0n) is 14.7. The lowest BCUT2D eigenvalue weighted by molar-refractivity contribution is -0.875. The van der Waals surface area contributed by atoms with Gasteiger partial charge in [0.15, 0.2) is 5.78 Å². The topological polar surface area (TPSA) is 121 Å². The molecule has 0 spiro atoms. The first kappa shape index (κ1) is 21.8. The van der Waals surface area contributed by atoms with Crippen LogP contribution in [0.2, 0.25) is 0 Å². The van der Waals surface area contributed by atoms with Gasteiger partial charge in [0.25, 0.3) is 0 Å². The van der Waals surface area contributed by atoms with Crippen LogP contribution < -0.4 is 5.11 Å². The average molecular weight is 343 g/mol. The Kier molecular flexibility index (Phi) is 7.79. The molecule has 0 unspecified atom stereocenters. The summed E-state index contributed by atoms with van der Waals surface area (Å²) in [5, 5.41) is 19.7. The summed E-state index contributed by atoms with van der Waals surface area (Å²) in [4.78, 5) is 46.2. The quantitative estimate of drug-likeness (QED) is 0.318. The Balaban J connectivity index is 5.78. The van der Waals surface area contributed by atoms with Crippen LogP contribution in [-0.2, 0) is 23.9 Å². The first-order chi connectivity index (χ1) is 10.8. The number of hydrogen-bond donors (Lipinski definition) is 1. The van der Waals surface area contributed by atoms with Gasteiger partial charge in [-0.1, -0.05) is 13.8 Å². The number of quaternary nitrogens is 1. The minimum Gasteiger partial charge on any atom is -0.550 e. The van der Waals surface area contributed by atoms with Gasteiger partial charge in [-0.15, -0.1) is 0 Å². The standard InChI is InChI=1S/C16H25NO7/c1-11(2)8-12(18)16(9-14(21)22,10-17(3,4)5)24-15(23)7-6-13(19)20/h6-7,11H,8-10H2,1-5H3,(H-,19,20,21,22)/b7-6+/t16-/m1/s1. The van der Waals surface area contributed by atoms with E-state index in [2.05, 4.69) is 0 Å². The Hall–Kier alpha value is -2.22. The van der Waals surface area contributed by atoms with Crippen LogP contribution >= 0.6 is 0 Å². The molecule has 8 nitrogen and oxygen atoms in total. The number of Topliss-reactive ketones (excluding diaryl/α,β-unsaturated/α-hetero) is 1. The van der Waals surface area contributed by atoms with Crippen LogP contribution in [0.15, 0.2) is 12.2 Å². The van der Waals surface area contributed by atoms with Gasteiger partial charge in [0.05, 0.1) is 21.1 Å². The highest BCUT2D eigenvalue weighted by Crippen LogP contribution is 2.25. The number of likely N-dealkylation sites (N-methyl/N-ethyl adjacent to an activating group) is 1. The molecule has 0 saturated carbocycles. The Labute approximate surface area is 141 Å². The summed E-state index contributed by atoms with van der Waals surface area (Å²) in [7, 11) is 5.15. The van der Waals surface area contributed by atoms with E-state index in [9.17, 15) is 24.3 Å². The summed E-state index contributed by atoms with van der Waals surface area (Å²) in [5.41, 5.74) is -1.92. The molecule has 136 valence electrons. The summed E-state index contributed by atoms with van der Waals surface area (Å²) < 4.78 is 5.32. The van der Waals surface area contributed by atoms with Gasteiger partial charge in [-0.05, 0) is 5.92 Å². The molecule has 24 heavy (non-hydrogen) atoms. The molecule has 0 aliphatic rings. The molecule has 0 fully saturated rings. The van der Waals surface area contributed by atoms with Crippen molar-refractivity contribution in [2.45, 2.75) is 32.3 Å². The fraction of sp³-hybridized carbons (Fsp3) is 0.625. The third kappa shape index (κ3) is 8.42. The maximum atomic E-state index is 12.6. The summed E-state index contributed by atoms with van der Waals surface area (Å²) in [6, 6.07) is 0. The number of hydrogen-bond acceptors (Lipinski definition) is 6. The predicted molar refractivity (Wildman–Crippen MR) is 82.6 cm³/mol. The van der Waals surface area contributed by atoms with Gasteiger partial charge in [0.1, 0.15) is 6.54 Å². The predicted octanol–water partition coefficient (Wildman–Crippen LogP) is -0.629. The number of rotatable bonds is 10. The molecule has 0 saturated heterocycles. The molecule has 0 bridgehead atoms. The lowest BCUT2D eigenvalue weighted by Crippen LogP contribution is -2.58. The number of ketones is 1. The molecule has 0 amide bonds. The second-order valence-electron chi connectivity index (χ2n) is 7.11. The fourth-order valence-corrected chi connectivity index (χ4v) is 2.29. The number of nitrogens with zero attached hydrogens (tertiary/aromatic N) is 1. The van der Waals surface area contributed by atoms with Crippen molar-refractivity contribution in [2.24, 2.45) is 5.92 Å². The first-order valence-corrected chi connectivity index (χ1v) is 7.45. The van der Waals surface area contributed by atoms with E-state index in [0.29, 0.717) is 12.2 Å². The maximum Gasteiger partial charge on any atom is 0.332 e. The Morgan fingerprint density at radius 1 is 1.17 bits per heavy atom. The molecule has 1 N–H and O–H groups in total. The van der Waals surface area contributed by atoms with Gasteiger partial charge in [0, 0.05) is 31.0 Å². The molecule has 0 aromatic rings. The maximum absolute atomic E-state index is 12.6. The lowest BCUT2D eigenvalue weighted by Gasteiger charge is -2.38. The minimum absolute atomic E-state index is 0.0171. The zero-order valence-corrected chi connectivity index (χ0v) is 14.7. The second kappa shape index (κ2) is 8.58. The number of carbonyl (C=O) groups is 4. The van der Waals surface area contributed by atoms with Crippen LogP contribution in [-0.4, -0.2) is 66.6 Å². The fourth-order valence-electron chi connectivity index (χ4n) is 2.29. The largest absolute Gasteiger partial charge is 0.550 e. The highest BCUT2D eigenvalue weighted by atomic mass is 16.6. The van der Waals surface area contributed by atoms with Crippen molar-refractivity contribution in [3.05, 3.63) is 12.2 Å². The molecular weight excluding hydrogens is 318 g/mol. The van der Waals surface area contributed by atoms with E-state index >= 15 is 0 Å². The second-order valence-corrected chi connectivity index (χ2v) is 7.11. The molecule has 8 heteroatoms. The molecule has 0 aliphatic carbocycles. The number of carboxylic acids is 2. The van der Waals surface area contributed by atoms with Crippen molar-refractivity contribution in [2.75, 3.05) is 27.7 Å². The summed E-state index contributed by atoms with van der Waals surface area (Å²) in [5.74, 6) is -4.59. The highest BCUT2D eigenvalue weighted by Gasteiger charge is 2.46. The monoisotopic (exact) mass is 343 g/mol. The summed E-state index contributed by atoms with van der Waals surface area (Å²) >= 11 is 0.